The van der Waals surface area contributed by atoms with Crippen molar-refractivity contribution in [1.29, 1.82) is 10.5 Å². The number of aromatic hydroxyl groups is 1. The van der Waals surface area contributed by atoms with Crippen molar-refractivity contribution in [1.82, 2.24) is 0 Å². The number of hydrogen-bond acceptors (Lipinski definition) is 9. The van der Waals surface area contributed by atoms with Crippen LogP contribution in [-0.2, 0) is 19.1 Å². The summed E-state index contributed by atoms with van der Waals surface area (Å²) in [6.45, 7) is 0. The number of carbonyl (C=O) groups is 2. The first kappa shape index (κ1) is 21.9. The van der Waals surface area contributed by atoms with Gasteiger partial charge in [0.05, 0.1) is 42.9 Å². The number of nitrogens with two attached hydrogens (primary N) is 1. The van der Waals surface area contributed by atoms with Crippen LogP contribution in [0.4, 0.5) is 5.69 Å². The van der Waals surface area contributed by atoms with Crippen molar-refractivity contribution in [2.24, 2.45) is 5.73 Å². The van der Waals surface area contributed by atoms with Gasteiger partial charge in [-0.05, 0) is 17.7 Å². The van der Waals surface area contributed by atoms with Crippen LogP contribution in [-0.4, -0.2) is 31.3 Å². The number of esters is 2. The van der Waals surface area contributed by atoms with Crippen LogP contribution in [0.25, 0.3) is 0 Å². The zero-order chi connectivity index (χ0) is 23.4. The number of allylic oxidation sites excluding steroid dienone is 1. The van der Waals surface area contributed by atoms with Gasteiger partial charge in [0.15, 0.2) is 0 Å². The van der Waals surface area contributed by atoms with Gasteiger partial charge in [0, 0.05) is 0 Å². The lowest BCUT2D eigenvalue weighted by Crippen LogP contribution is -2.41. The average Bonchev–Trinajstić information content (AvgIpc) is 2.82. The molecule has 3 rings (SSSR count). The van der Waals surface area contributed by atoms with E-state index in [-0.39, 0.29) is 33.9 Å². The number of para-hydroxylation sites is 1. The van der Waals surface area contributed by atoms with Gasteiger partial charge in [-0.15, -0.1) is 0 Å². The van der Waals surface area contributed by atoms with Crippen molar-refractivity contribution in [3.8, 4) is 17.9 Å². The molecule has 0 aliphatic carbocycles. The maximum atomic E-state index is 13.0. The molecule has 160 valence electrons. The summed E-state index contributed by atoms with van der Waals surface area (Å²) in [5.41, 5.74) is 5.96. The maximum Gasteiger partial charge on any atom is 0.355 e. The molecule has 1 atom stereocenters. The van der Waals surface area contributed by atoms with E-state index in [2.05, 4.69) is 0 Å². The minimum absolute atomic E-state index is 0.0472. The zero-order valence-electron chi connectivity index (χ0n) is 17.2. The second-order valence-corrected chi connectivity index (χ2v) is 6.62. The standard InChI is InChI=1S/C23H18N4O5/c1-31-22(29)18-17(13-7-4-3-5-8-13)15(12-25)21(26)27(20(18)23(30)32-2)19-14(11-24)9-6-10-16(19)28/h3-10,17,28H,26H2,1-2H3. The van der Waals surface area contributed by atoms with Crippen molar-refractivity contribution in [3.63, 3.8) is 0 Å². The highest BCUT2D eigenvalue weighted by atomic mass is 16.5. The number of nitriles is 2. The monoisotopic (exact) mass is 430 g/mol. The maximum absolute atomic E-state index is 13.0. The zero-order valence-corrected chi connectivity index (χ0v) is 17.2. The quantitative estimate of drug-likeness (QED) is 0.696. The summed E-state index contributed by atoms with van der Waals surface area (Å²) in [7, 11) is 2.24. The summed E-state index contributed by atoms with van der Waals surface area (Å²) < 4.78 is 9.84. The van der Waals surface area contributed by atoms with Crippen LogP contribution < -0.4 is 10.6 Å². The van der Waals surface area contributed by atoms with Gasteiger partial charge in [0.1, 0.15) is 29.0 Å². The first-order valence-electron chi connectivity index (χ1n) is 9.28. The van der Waals surface area contributed by atoms with Crippen LogP contribution in [0.15, 0.2) is 71.2 Å². The Kier molecular flexibility index (Phi) is 6.13. The van der Waals surface area contributed by atoms with Gasteiger partial charge >= 0.3 is 11.9 Å². The molecule has 2 aromatic rings. The summed E-state index contributed by atoms with van der Waals surface area (Å²) in [5.74, 6) is -3.56. The van der Waals surface area contributed by atoms with Crippen molar-refractivity contribution < 1.29 is 24.2 Å². The second kappa shape index (κ2) is 8.94. The van der Waals surface area contributed by atoms with E-state index in [0.717, 1.165) is 19.1 Å². The molecule has 0 radical (unpaired) electrons. The molecule has 2 aromatic carbocycles. The number of hydrogen-bond donors (Lipinski definition) is 2. The molecule has 1 aliphatic rings. The largest absolute Gasteiger partial charge is 0.506 e. The Morgan fingerprint density at radius 3 is 2.22 bits per heavy atom. The van der Waals surface area contributed by atoms with Crippen LogP contribution in [0.5, 0.6) is 5.75 Å². The van der Waals surface area contributed by atoms with Crippen LogP contribution in [0.2, 0.25) is 0 Å². The molecule has 1 aliphatic heterocycles. The van der Waals surface area contributed by atoms with Gasteiger partial charge in [-0.2, -0.15) is 10.5 Å². The predicted molar refractivity (Wildman–Crippen MR) is 112 cm³/mol. The Morgan fingerprint density at radius 2 is 1.66 bits per heavy atom. The number of carbonyl (C=O) groups excluding carboxylic acids is 2. The van der Waals surface area contributed by atoms with E-state index >= 15 is 0 Å². The summed E-state index contributed by atoms with van der Waals surface area (Å²) in [6, 6.07) is 16.5. The van der Waals surface area contributed by atoms with Crippen molar-refractivity contribution in [2.45, 2.75) is 5.92 Å². The summed E-state index contributed by atoms with van der Waals surface area (Å²) in [4.78, 5) is 26.9. The molecular formula is C23H18N4O5. The lowest BCUT2D eigenvalue weighted by Gasteiger charge is -2.36. The Hall–Kier alpha value is -4.76. The number of rotatable bonds is 4. The number of anilines is 1. The lowest BCUT2D eigenvalue weighted by atomic mass is 9.80. The summed E-state index contributed by atoms with van der Waals surface area (Å²) in [6.07, 6.45) is 0. The van der Waals surface area contributed by atoms with Crippen LogP contribution in [0.1, 0.15) is 17.0 Å². The van der Waals surface area contributed by atoms with E-state index in [1.165, 1.54) is 18.2 Å². The molecule has 0 fully saturated rings. The Labute approximate surface area is 183 Å². The first-order valence-corrected chi connectivity index (χ1v) is 9.28. The number of phenols is 1. The van der Waals surface area contributed by atoms with E-state index in [1.54, 1.807) is 30.3 Å². The number of ether oxygens (including phenoxy) is 2. The highest BCUT2D eigenvalue weighted by Crippen LogP contribution is 2.45. The average molecular weight is 430 g/mol. The van der Waals surface area contributed by atoms with Gasteiger partial charge in [0.25, 0.3) is 0 Å². The van der Waals surface area contributed by atoms with Crippen molar-refractivity contribution >= 4 is 17.6 Å². The normalized spacial score (nSPS) is 15.6. The van der Waals surface area contributed by atoms with Gasteiger partial charge in [-0.1, -0.05) is 36.4 Å². The topological polar surface area (TPSA) is 150 Å². The minimum atomic E-state index is -1.05. The SMILES string of the molecule is COC(=O)C1=C(C(=O)OC)N(c2c(O)cccc2C#N)C(N)=C(C#N)C1c1ccccc1. The molecule has 32 heavy (non-hydrogen) atoms. The van der Waals surface area contributed by atoms with Crippen LogP contribution in [0.3, 0.4) is 0 Å². The summed E-state index contributed by atoms with van der Waals surface area (Å²) in [5, 5.41) is 30.1. The Balaban J connectivity index is 2.50. The molecule has 0 saturated heterocycles. The number of phenolic OH excluding ortho intramolecular Hbond substituents is 1. The van der Waals surface area contributed by atoms with Gasteiger partial charge in [-0.3, -0.25) is 4.90 Å². The molecule has 0 aromatic heterocycles. The highest BCUT2D eigenvalue weighted by molar-refractivity contribution is 6.07. The smallest absolute Gasteiger partial charge is 0.355 e. The first-order chi connectivity index (χ1) is 15.4. The van der Waals surface area contributed by atoms with E-state index in [1.807, 2.05) is 12.1 Å². The van der Waals surface area contributed by atoms with Crippen molar-refractivity contribution in [3.05, 3.63) is 82.3 Å². The summed E-state index contributed by atoms with van der Waals surface area (Å²) >= 11 is 0. The fourth-order valence-electron chi connectivity index (χ4n) is 3.60. The van der Waals surface area contributed by atoms with E-state index in [0.29, 0.717) is 5.56 Å². The molecule has 1 heterocycles. The fraction of sp³-hybridized carbons (Fsp3) is 0.130. The molecule has 1 unspecified atom stereocenters. The Bertz CT molecular complexity index is 1240. The van der Waals surface area contributed by atoms with Gasteiger partial charge in [-0.25, -0.2) is 9.59 Å². The number of benzene rings is 2. The molecule has 9 nitrogen and oxygen atoms in total. The molecule has 0 spiro atoms. The molecule has 0 saturated carbocycles. The van der Waals surface area contributed by atoms with Crippen molar-refractivity contribution in [2.75, 3.05) is 19.1 Å². The Morgan fingerprint density at radius 1 is 1.00 bits per heavy atom. The molecule has 9 heteroatoms. The number of methoxy groups -OCH3 is 2. The third-order valence-electron chi connectivity index (χ3n) is 4.97. The number of nitrogens with zero attached hydrogens (tertiary/aromatic N) is 3. The van der Waals surface area contributed by atoms with Gasteiger partial charge < -0.3 is 20.3 Å². The third kappa shape index (κ3) is 3.48. The highest BCUT2D eigenvalue weighted by Gasteiger charge is 2.44. The third-order valence-corrected chi connectivity index (χ3v) is 4.97. The van der Waals surface area contributed by atoms with E-state index < -0.39 is 23.6 Å². The molecule has 0 bridgehead atoms. The van der Waals surface area contributed by atoms with Crippen LogP contribution >= 0.6 is 0 Å². The second-order valence-electron chi connectivity index (χ2n) is 6.62. The molecule has 3 N–H and O–H groups in total. The van der Waals surface area contributed by atoms with Crippen LogP contribution in [0, 0.1) is 22.7 Å². The molecule has 0 amide bonds. The van der Waals surface area contributed by atoms with E-state index in [9.17, 15) is 25.2 Å². The molecular weight excluding hydrogens is 412 g/mol. The fourth-order valence-corrected chi connectivity index (χ4v) is 3.60. The lowest BCUT2D eigenvalue weighted by molar-refractivity contribution is -0.139. The minimum Gasteiger partial charge on any atom is -0.506 e. The van der Waals surface area contributed by atoms with E-state index in [4.69, 9.17) is 15.2 Å². The van der Waals surface area contributed by atoms with Gasteiger partial charge in [0.2, 0.25) is 0 Å². The predicted octanol–water partition coefficient (Wildman–Crippen LogP) is 2.16.